The molecule has 2 aromatic rings. The summed E-state index contributed by atoms with van der Waals surface area (Å²) in [5.41, 5.74) is 9.98. The predicted octanol–water partition coefficient (Wildman–Crippen LogP) is 3.03. The lowest BCUT2D eigenvalue weighted by atomic mass is 9.90. The summed E-state index contributed by atoms with van der Waals surface area (Å²) in [5, 5.41) is 9.50. The monoisotopic (exact) mass is 266 g/mol. The van der Waals surface area contributed by atoms with Gasteiger partial charge in [0.2, 0.25) is 0 Å². The Morgan fingerprint density at radius 3 is 2.85 bits per heavy atom. The van der Waals surface area contributed by atoms with E-state index in [4.69, 9.17) is 5.73 Å². The van der Waals surface area contributed by atoms with Crippen LogP contribution < -0.4 is 5.73 Å². The number of amidine groups is 1. The van der Waals surface area contributed by atoms with Gasteiger partial charge in [-0.15, -0.1) is 5.10 Å². The fourth-order valence-corrected chi connectivity index (χ4v) is 2.61. The minimum Gasteiger partial charge on any atom is -0.386 e. The van der Waals surface area contributed by atoms with Crippen molar-refractivity contribution in [1.82, 2.24) is 4.98 Å². The van der Waals surface area contributed by atoms with E-state index < -0.39 is 0 Å². The molecule has 1 aliphatic rings. The van der Waals surface area contributed by atoms with E-state index in [2.05, 4.69) is 46.4 Å². The number of hydrogen-bond acceptors (Lipinski definition) is 4. The van der Waals surface area contributed by atoms with E-state index in [1.54, 1.807) is 0 Å². The Morgan fingerprint density at radius 1 is 1.20 bits per heavy atom. The molecular weight excluding hydrogens is 248 g/mol. The number of fused-ring (bicyclic) bond motifs is 1. The molecule has 0 saturated heterocycles. The van der Waals surface area contributed by atoms with Crippen molar-refractivity contribution in [2.75, 3.05) is 0 Å². The van der Waals surface area contributed by atoms with Gasteiger partial charge in [-0.25, -0.2) is 0 Å². The largest absolute Gasteiger partial charge is 0.386 e. The lowest BCUT2D eigenvalue weighted by Gasteiger charge is -2.20. The summed E-state index contributed by atoms with van der Waals surface area (Å²) in [6.45, 7) is 4.16. The molecule has 4 nitrogen and oxygen atoms in total. The summed E-state index contributed by atoms with van der Waals surface area (Å²) in [5.74, 6) is 0.974. The smallest absolute Gasteiger partial charge is 0.123 e. The van der Waals surface area contributed by atoms with Crippen molar-refractivity contribution in [2.24, 2.45) is 21.9 Å². The fourth-order valence-electron chi connectivity index (χ4n) is 2.61. The van der Waals surface area contributed by atoms with Gasteiger partial charge in [0, 0.05) is 23.4 Å². The molecule has 0 radical (unpaired) electrons. The van der Waals surface area contributed by atoms with Crippen molar-refractivity contribution < 1.29 is 0 Å². The predicted molar refractivity (Wildman–Crippen MR) is 83.0 cm³/mol. The zero-order valence-electron chi connectivity index (χ0n) is 11.8. The minimum absolute atomic E-state index is 0.350. The number of rotatable bonds is 2. The van der Waals surface area contributed by atoms with Gasteiger partial charge in [0.25, 0.3) is 0 Å². The van der Waals surface area contributed by atoms with Gasteiger partial charge in [0.05, 0.1) is 11.2 Å². The van der Waals surface area contributed by atoms with Gasteiger partial charge < -0.3 is 5.73 Å². The summed E-state index contributed by atoms with van der Waals surface area (Å²) in [6, 6.07) is 10.4. The number of hydrogen-bond donors (Lipinski definition) is 1. The van der Waals surface area contributed by atoms with Gasteiger partial charge in [-0.1, -0.05) is 19.1 Å². The van der Waals surface area contributed by atoms with Gasteiger partial charge in [-0.2, -0.15) is 5.10 Å². The highest BCUT2D eigenvalue weighted by Crippen LogP contribution is 2.23. The summed E-state index contributed by atoms with van der Waals surface area (Å²) in [6.07, 6.45) is 1.80. The van der Waals surface area contributed by atoms with Crippen LogP contribution in [0.4, 0.5) is 0 Å². The number of aryl methyl sites for hydroxylation is 1. The number of pyridine rings is 1. The fraction of sp³-hybridized carbons (Fsp3) is 0.312. The van der Waals surface area contributed by atoms with E-state index in [1.807, 2.05) is 13.0 Å². The van der Waals surface area contributed by atoms with Crippen LogP contribution in [0.25, 0.3) is 10.9 Å². The number of nitrogens with zero attached hydrogens (tertiary/aromatic N) is 3. The third-order valence-electron chi connectivity index (χ3n) is 3.75. The molecule has 1 unspecified atom stereocenters. The third kappa shape index (κ3) is 2.29. The molecule has 1 aromatic heterocycles. The molecule has 1 aromatic carbocycles. The first-order valence-corrected chi connectivity index (χ1v) is 6.95. The van der Waals surface area contributed by atoms with E-state index in [0.29, 0.717) is 11.8 Å². The highest BCUT2D eigenvalue weighted by atomic mass is 15.2. The van der Waals surface area contributed by atoms with E-state index in [9.17, 15) is 0 Å². The second kappa shape index (κ2) is 5.04. The molecule has 0 amide bonds. The summed E-state index contributed by atoms with van der Waals surface area (Å²) >= 11 is 0. The molecule has 2 N–H and O–H groups in total. The van der Waals surface area contributed by atoms with Crippen molar-refractivity contribution >= 4 is 22.5 Å². The SMILES string of the molecule is CCC1CC(N)=NN=C1c1ccc2nc(C)ccc2c1. The topological polar surface area (TPSA) is 63.6 Å². The van der Waals surface area contributed by atoms with Gasteiger partial charge in [0.1, 0.15) is 5.84 Å². The van der Waals surface area contributed by atoms with Crippen LogP contribution >= 0.6 is 0 Å². The normalized spacial score (nSPS) is 18.8. The average Bonchev–Trinajstić information content (AvgIpc) is 2.46. The number of nitrogens with two attached hydrogens (primary N) is 1. The second-order valence-corrected chi connectivity index (χ2v) is 5.25. The van der Waals surface area contributed by atoms with E-state index in [0.717, 1.165) is 40.7 Å². The minimum atomic E-state index is 0.350. The zero-order valence-corrected chi connectivity index (χ0v) is 11.8. The third-order valence-corrected chi connectivity index (χ3v) is 3.75. The van der Waals surface area contributed by atoms with Crippen LogP contribution in [0.3, 0.4) is 0 Å². The lowest BCUT2D eigenvalue weighted by molar-refractivity contribution is 0.677. The van der Waals surface area contributed by atoms with Gasteiger partial charge >= 0.3 is 0 Å². The molecule has 0 saturated carbocycles. The van der Waals surface area contributed by atoms with E-state index >= 15 is 0 Å². The molecule has 20 heavy (non-hydrogen) atoms. The standard InChI is InChI=1S/C16H18N4/c1-3-11-9-15(17)19-20-16(11)13-6-7-14-12(8-13)5-4-10(2)18-14/h4-8,11H,3,9H2,1-2H3,(H2,17,19). The molecule has 1 atom stereocenters. The highest BCUT2D eigenvalue weighted by molar-refractivity contribution is 6.07. The van der Waals surface area contributed by atoms with Crippen molar-refractivity contribution in [3.8, 4) is 0 Å². The van der Waals surface area contributed by atoms with Crippen LogP contribution in [0, 0.1) is 12.8 Å². The molecule has 0 bridgehead atoms. The number of aromatic nitrogens is 1. The summed E-state index contributed by atoms with van der Waals surface area (Å²) < 4.78 is 0. The maximum Gasteiger partial charge on any atom is 0.123 e. The molecule has 3 rings (SSSR count). The van der Waals surface area contributed by atoms with Crippen molar-refractivity contribution in [2.45, 2.75) is 26.7 Å². The molecule has 0 spiro atoms. The molecule has 4 heteroatoms. The Hall–Kier alpha value is -2.23. The molecule has 1 aliphatic heterocycles. The maximum absolute atomic E-state index is 5.78. The lowest BCUT2D eigenvalue weighted by Crippen LogP contribution is -2.26. The molecule has 102 valence electrons. The second-order valence-electron chi connectivity index (χ2n) is 5.25. The van der Waals surface area contributed by atoms with Gasteiger partial charge in [0.15, 0.2) is 0 Å². The first-order chi connectivity index (χ1) is 9.67. The maximum atomic E-state index is 5.78. The first-order valence-electron chi connectivity index (χ1n) is 6.95. The van der Waals surface area contributed by atoms with Crippen molar-refractivity contribution in [1.29, 1.82) is 0 Å². The number of benzene rings is 1. The van der Waals surface area contributed by atoms with Crippen molar-refractivity contribution in [3.63, 3.8) is 0 Å². The molecule has 2 heterocycles. The quantitative estimate of drug-likeness (QED) is 0.908. The van der Waals surface area contributed by atoms with E-state index in [1.165, 1.54) is 0 Å². The van der Waals surface area contributed by atoms with Crippen LogP contribution in [0.1, 0.15) is 31.0 Å². The van der Waals surface area contributed by atoms with Crippen LogP contribution in [0.5, 0.6) is 0 Å². The molecule has 0 fully saturated rings. The Morgan fingerprint density at radius 2 is 2.05 bits per heavy atom. The summed E-state index contributed by atoms with van der Waals surface area (Å²) in [4.78, 5) is 4.53. The van der Waals surface area contributed by atoms with Crippen LogP contribution in [-0.4, -0.2) is 16.5 Å². The van der Waals surface area contributed by atoms with Gasteiger partial charge in [-0.05, 0) is 37.1 Å². The summed E-state index contributed by atoms with van der Waals surface area (Å²) in [7, 11) is 0. The van der Waals surface area contributed by atoms with Crippen molar-refractivity contribution in [3.05, 3.63) is 41.6 Å². The highest BCUT2D eigenvalue weighted by Gasteiger charge is 2.21. The Kier molecular flexibility index (Phi) is 3.22. The van der Waals surface area contributed by atoms with E-state index in [-0.39, 0.29) is 0 Å². The molecule has 0 aliphatic carbocycles. The Balaban J connectivity index is 2.07. The Labute approximate surface area is 118 Å². The van der Waals surface area contributed by atoms with Gasteiger partial charge in [-0.3, -0.25) is 4.98 Å². The average molecular weight is 266 g/mol. The Bertz CT molecular complexity index is 715. The molecular formula is C16H18N4. The zero-order chi connectivity index (χ0) is 14.1. The van der Waals surface area contributed by atoms with Crippen LogP contribution in [0.2, 0.25) is 0 Å². The van der Waals surface area contributed by atoms with Crippen LogP contribution in [-0.2, 0) is 0 Å². The van der Waals surface area contributed by atoms with Crippen LogP contribution in [0.15, 0.2) is 40.5 Å². The first kappa shape index (κ1) is 12.8.